The minimum Gasteiger partial charge on any atom is -0.456 e. The highest BCUT2D eigenvalue weighted by Gasteiger charge is 2.18. The van der Waals surface area contributed by atoms with Gasteiger partial charge in [0.25, 0.3) is 0 Å². The fraction of sp³-hybridized carbons (Fsp3) is 0. The van der Waals surface area contributed by atoms with E-state index < -0.39 is 0 Å². The molecule has 0 spiro atoms. The molecule has 0 fully saturated rings. The highest BCUT2D eigenvalue weighted by atomic mass is 16.3. The molecule has 0 N–H and O–H groups in total. The van der Waals surface area contributed by atoms with Crippen LogP contribution >= 0.6 is 0 Å². The van der Waals surface area contributed by atoms with E-state index in [2.05, 4.69) is 252 Å². The molecule has 0 aliphatic rings. The molecule has 11 aromatic carbocycles. The summed E-state index contributed by atoms with van der Waals surface area (Å²) in [5.41, 5.74) is 18.0. The number of benzene rings is 11. The molecule has 0 bridgehead atoms. The largest absolute Gasteiger partial charge is 0.456 e. The SMILES string of the molecule is c1ccc(-n2c3ccccc3c3ccccc32)c(-c2ccc(N(c3ccc(-c4ccc(-c5cccc6oc7ccccc7c56)cc4)cc3)c3ccc(-c4cccc5ccccc45)cc3)cc2)c1. The van der Waals surface area contributed by atoms with Crippen molar-refractivity contribution >= 4 is 71.6 Å². The number of para-hydroxylation sites is 4. The molecule has 3 heteroatoms. The third kappa shape index (κ3) is 6.59. The predicted octanol–water partition coefficient (Wildman–Crippen LogP) is 18.0. The van der Waals surface area contributed by atoms with E-state index in [9.17, 15) is 0 Å². The summed E-state index contributed by atoms with van der Waals surface area (Å²) in [5, 5.41) is 7.29. The van der Waals surface area contributed by atoms with Crippen molar-refractivity contribution in [2.24, 2.45) is 0 Å². The van der Waals surface area contributed by atoms with Gasteiger partial charge in [-0.15, -0.1) is 0 Å². The number of fused-ring (bicyclic) bond motifs is 7. The average Bonchev–Trinajstić information content (AvgIpc) is 3.95. The summed E-state index contributed by atoms with van der Waals surface area (Å²) in [6.07, 6.45) is 0. The van der Waals surface area contributed by atoms with E-state index in [0.717, 1.165) is 66.9 Å². The van der Waals surface area contributed by atoms with Gasteiger partial charge in [0, 0.05) is 44.2 Å². The summed E-state index contributed by atoms with van der Waals surface area (Å²) in [7, 11) is 0. The number of rotatable bonds is 8. The van der Waals surface area contributed by atoms with Gasteiger partial charge in [-0.25, -0.2) is 0 Å². The molecule has 0 aliphatic carbocycles. The summed E-state index contributed by atoms with van der Waals surface area (Å²) < 4.78 is 8.62. The van der Waals surface area contributed by atoms with E-state index in [4.69, 9.17) is 4.42 Å². The molecule has 3 nitrogen and oxygen atoms in total. The molecule has 0 atom stereocenters. The van der Waals surface area contributed by atoms with Crippen LogP contribution in [0.25, 0.3) is 105 Å². The molecule has 2 aromatic heterocycles. The zero-order valence-electron chi connectivity index (χ0n) is 36.6. The molecule has 2 heterocycles. The van der Waals surface area contributed by atoms with Gasteiger partial charge in [0.15, 0.2) is 0 Å². The molecule has 0 aliphatic heterocycles. The first-order valence-electron chi connectivity index (χ1n) is 22.9. The van der Waals surface area contributed by atoms with Crippen LogP contribution in [-0.4, -0.2) is 4.57 Å². The van der Waals surface area contributed by atoms with Crippen molar-refractivity contribution in [1.82, 2.24) is 4.57 Å². The number of aromatic nitrogens is 1. The predicted molar refractivity (Wildman–Crippen MR) is 282 cm³/mol. The monoisotopic (exact) mass is 854 g/mol. The Balaban J connectivity index is 0.871. The molecule has 314 valence electrons. The number of nitrogens with zero attached hydrogens (tertiary/aromatic N) is 2. The van der Waals surface area contributed by atoms with E-state index >= 15 is 0 Å². The molecule has 0 radical (unpaired) electrons. The fourth-order valence-corrected chi connectivity index (χ4v) is 10.3. The van der Waals surface area contributed by atoms with E-state index in [1.165, 1.54) is 54.8 Å². The Labute approximate surface area is 388 Å². The molecule has 0 unspecified atom stereocenters. The number of hydrogen-bond acceptors (Lipinski definition) is 2. The molecule has 67 heavy (non-hydrogen) atoms. The van der Waals surface area contributed by atoms with Crippen molar-refractivity contribution in [3.8, 4) is 50.2 Å². The second-order valence-corrected chi connectivity index (χ2v) is 17.2. The van der Waals surface area contributed by atoms with Crippen LogP contribution < -0.4 is 4.90 Å². The molecule has 0 saturated heterocycles. The second-order valence-electron chi connectivity index (χ2n) is 17.2. The number of anilines is 3. The number of hydrogen-bond donors (Lipinski definition) is 0. The van der Waals surface area contributed by atoms with Crippen LogP contribution in [0.5, 0.6) is 0 Å². The molecule has 0 saturated carbocycles. The van der Waals surface area contributed by atoms with E-state index in [1.807, 2.05) is 12.1 Å². The lowest BCUT2D eigenvalue weighted by Gasteiger charge is -2.26. The van der Waals surface area contributed by atoms with Gasteiger partial charge in [0.05, 0.1) is 16.7 Å². The van der Waals surface area contributed by atoms with Crippen molar-refractivity contribution in [3.63, 3.8) is 0 Å². The summed E-state index contributed by atoms with van der Waals surface area (Å²) in [5.74, 6) is 0. The van der Waals surface area contributed by atoms with Crippen molar-refractivity contribution < 1.29 is 4.42 Å². The molecular formula is C64H42N2O. The van der Waals surface area contributed by atoms with Crippen molar-refractivity contribution in [2.45, 2.75) is 0 Å². The second kappa shape index (κ2) is 16.0. The van der Waals surface area contributed by atoms with E-state index in [0.29, 0.717) is 0 Å². The maximum Gasteiger partial charge on any atom is 0.136 e. The summed E-state index contributed by atoms with van der Waals surface area (Å²) in [6.45, 7) is 0. The highest BCUT2D eigenvalue weighted by molar-refractivity contribution is 6.13. The Morgan fingerprint density at radius 3 is 1.37 bits per heavy atom. The smallest absolute Gasteiger partial charge is 0.136 e. The molecular weight excluding hydrogens is 813 g/mol. The maximum atomic E-state index is 6.21. The standard InChI is InChI=1S/C64H42N2O/c1-2-15-52-45(13-1)14-11-20-53(52)46-33-39-50(40-34-46)65(49-37-31-44(32-38-49)43-27-29-48(30-28-43)55-21-12-26-63-64(55)58-19-6-10-25-62(58)67-63)51-41-35-47(36-42-51)54-16-3-7-22-59(54)66-60-23-8-4-17-56(60)57-18-5-9-24-61(57)66/h1-42H. The van der Waals surface area contributed by atoms with Crippen LogP contribution in [0.15, 0.2) is 259 Å². The lowest BCUT2D eigenvalue weighted by Crippen LogP contribution is -2.09. The van der Waals surface area contributed by atoms with Crippen LogP contribution in [0.3, 0.4) is 0 Å². The van der Waals surface area contributed by atoms with Crippen LogP contribution in [0, 0.1) is 0 Å². The Bertz CT molecular complexity index is 3890. The van der Waals surface area contributed by atoms with Gasteiger partial charge in [-0.1, -0.05) is 188 Å². The Morgan fingerprint density at radius 1 is 0.284 bits per heavy atom. The Kier molecular flexibility index (Phi) is 9.17. The zero-order chi connectivity index (χ0) is 44.3. The van der Waals surface area contributed by atoms with Gasteiger partial charge >= 0.3 is 0 Å². The van der Waals surface area contributed by atoms with Gasteiger partial charge in [-0.3, -0.25) is 0 Å². The highest BCUT2D eigenvalue weighted by Crippen LogP contribution is 2.42. The van der Waals surface area contributed by atoms with Crippen LogP contribution in [-0.2, 0) is 0 Å². The van der Waals surface area contributed by atoms with Crippen LogP contribution in [0.4, 0.5) is 17.1 Å². The topological polar surface area (TPSA) is 21.3 Å². The van der Waals surface area contributed by atoms with Gasteiger partial charge in [0.2, 0.25) is 0 Å². The van der Waals surface area contributed by atoms with Gasteiger partial charge in [0.1, 0.15) is 11.2 Å². The molecule has 13 rings (SSSR count). The average molecular weight is 855 g/mol. The van der Waals surface area contributed by atoms with Crippen LogP contribution in [0.2, 0.25) is 0 Å². The first-order valence-corrected chi connectivity index (χ1v) is 22.9. The third-order valence-corrected chi connectivity index (χ3v) is 13.4. The minimum atomic E-state index is 0.907. The lowest BCUT2D eigenvalue weighted by molar-refractivity contribution is 0.669. The summed E-state index contributed by atoms with van der Waals surface area (Å²) in [6, 6.07) is 91.9. The maximum absolute atomic E-state index is 6.21. The van der Waals surface area contributed by atoms with Crippen LogP contribution in [0.1, 0.15) is 0 Å². The minimum absolute atomic E-state index is 0.907. The van der Waals surface area contributed by atoms with E-state index in [-0.39, 0.29) is 0 Å². The quantitative estimate of drug-likeness (QED) is 0.152. The molecule has 0 amide bonds. The fourth-order valence-electron chi connectivity index (χ4n) is 10.3. The first kappa shape index (κ1) is 38.5. The number of furan rings is 1. The van der Waals surface area contributed by atoms with Crippen molar-refractivity contribution in [2.75, 3.05) is 4.90 Å². The van der Waals surface area contributed by atoms with Gasteiger partial charge in [-0.05, 0) is 116 Å². The van der Waals surface area contributed by atoms with Crippen molar-refractivity contribution in [3.05, 3.63) is 255 Å². The normalized spacial score (nSPS) is 11.6. The van der Waals surface area contributed by atoms with E-state index in [1.54, 1.807) is 0 Å². The Hall–Kier alpha value is -8.92. The third-order valence-electron chi connectivity index (χ3n) is 13.4. The zero-order valence-corrected chi connectivity index (χ0v) is 36.6. The van der Waals surface area contributed by atoms with Gasteiger partial charge < -0.3 is 13.9 Å². The lowest BCUT2D eigenvalue weighted by atomic mass is 9.96. The first-order chi connectivity index (χ1) is 33.2. The summed E-state index contributed by atoms with van der Waals surface area (Å²) in [4.78, 5) is 2.36. The van der Waals surface area contributed by atoms with Crippen molar-refractivity contribution in [1.29, 1.82) is 0 Å². The Morgan fingerprint density at radius 2 is 0.701 bits per heavy atom. The summed E-state index contributed by atoms with van der Waals surface area (Å²) >= 11 is 0. The molecule has 13 aromatic rings. The van der Waals surface area contributed by atoms with Gasteiger partial charge in [-0.2, -0.15) is 0 Å².